The van der Waals surface area contributed by atoms with E-state index < -0.39 is 0 Å². The molecule has 1 aromatic rings. The van der Waals surface area contributed by atoms with E-state index in [9.17, 15) is 5.11 Å². The summed E-state index contributed by atoms with van der Waals surface area (Å²) in [6.07, 6.45) is 3.57. The molecule has 5 nitrogen and oxygen atoms in total. The van der Waals surface area contributed by atoms with Crippen LogP contribution in [0.4, 0.5) is 0 Å². The third-order valence-corrected chi connectivity index (χ3v) is 4.06. The van der Waals surface area contributed by atoms with E-state index in [-0.39, 0.29) is 30.1 Å². The van der Waals surface area contributed by atoms with Gasteiger partial charge in [-0.15, -0.1) is 24.0 Å². The zero-order chi connectivity index (χ0) is 16.5. The van der Waals surface area contributed by atoms with Gasteiger partial charge in [0, 0.05) is 18.2 Å². The highest BCUT2D eigenvalue weighted by atomic mass is 127. The number of ether oxygens (including phenoxy) is 1. The maximum absolute atomic E-state index is 9.61. The molecule has 0 aromatic heterocycles. The van der Waals surface area contributed by atoms with Crippen molar-refractivity contribution in [1.29, 1.82) is 0 Å². The van der Waals surface area contributed by atoms with Crippen LogP contribution in [0.25, 0.3) is 0 Å². The maximum Gasteiger partial charge on any atom is 0.191 e. The second-order valence-electron chi connectivity index (χ2n) is 5.89. The summed E-state index contributed by atoms with van der Waals surface area (Å²) >= 11 is 0. The summed E-state index contributed by atoms with van der Waals surface area (Å²) in [5.74, 6) is 1.73. The van der Waals surface area contributed by atoms with Crippen LogP contribution in [0.1, 0.15) is 45.1 Å². The smallest absolute Gasteiger partial charge is 0.191 e. The minimum absolute atomic E-state index is 0. The van der Waals surface area contributed by atoms with Crippen LogP contribution < -0.4 is 15.4 Å². The molecule has 3 N–H and O–H groups in total. The number of hydrogen-bond acceptors (Lipinski definition) is 3. The molecule has 1 fully saturated rings. The summed E-state index contributed by atoms with van der Waals surface area (Å²) in [5.41, 5.74) is 1.09. The monoisotopic (exact) mass is 447 g/mol. The van der Waals surface area contributed by atoms with Crippen molar-refractivity contribution in [3.05, 3.63) is 29.8 Å². The summed E-state index contributed by atoms with van der Waals surface area (Å²) in [5, 5.41) is 16.4. The average Bonchev–Trinajstić information content (AvgIpc) is 2.56. The molecular weight excluding hydrogens is 417 g/mol. The van der Waals surface area contributed by atoms with Gasteiger partial charge >= 0.3 is 0 Å². The molecule has 0 spiro atoms. The third kappa shape index (κ3) is 6.84. The third-order valence-electron chi connectivity index (χ3n) is 4.06. The highest BCUT2D eigenvalue weighted by Crippen LogP contribution is 2.20. The van der Waals surface area contributed by atoms with Crippen molar-refractivity contribution in [3.63, 3.8) is 0 Å². The van der Waals surface area contributed by atoms with E-state index in [1.807, 2.05) is 25.1 Å². The summed E-state index contributed by atoms with van der Waals surface area (Å²) in [7, 11) is 0. The predicted molar refractivity (Wildman–Crippen MR) is 109 cm³/mol. The lowest BCUT2D eigenvalue weighted by Crippen LogP contribution is -2.45. The quantitative estimate of drug-likeness (QED) is 0.356. The fraction of sp³-hybridized carbons (Fsp3) is 0.611. The van der Waals surface area contributed by atoms with Gasteiger partial charge in [0.1, 0.15) is 5.75 Å². The van der Waals surface area contributed by atoms with E-state index in [0.717, 1.165) is 49.5 Å². The van der Waals surface area contributed by atoms with E-state index in [2.05, 4.69) is 23.6 Å². The Morgan fingerprint density at radius 3 is 2.58 bits per heavy atom. The van der Waals surface area contributed by atoms with Crippen molar-refractivity contribution >= 4 is 29.9 Å². The lowest BCUT2D eigenvalue weighted by molar-refractivity contribution is 0.120. The fourth-order valence-corrected chi connectivity index (χ4v) is 2.83. The molecule has 24 heavy (non-hydrogen) atoms. The average molecular weight is 447 g/mol. The zero-order valence-electron chi connectivity index (χ0n) is 14.6. The molecule has 0 saturated heterocycles. The van der Waals surface area contributed by atoms with Crippen molar-refractivity contribution in [1.82, 2.24) is 10.6 Å². The molecule has 0 bridgehead atoms. The van der Waals surface area contributed by atoms with E-state index in [0.29, 0.717) is 19.2 Å². The molecule has 0 unspecified atom stereocenters. The molecule has 1 aliphatic carbocycles. The Balaban J connectivity index is 0.00000288. The lowest BCUT2D eigenvalue weighted by atomic mass is 9.93. The largest absolute Gasteiger partial charge is 0.494 e. The number of guanidine groups is 1. The molecule has 2 rings (SSSR count). The Morgan fingerprint density at radius 2 is 1.92 bits per heavy atom. The van der Waals surface area contributed by atoms with Gasteiger partial charge in [0.2, 0.25) is 0 Å². The predicted octanol–water partition coefficient (Wildman–Crippen LogP) is 3.06. The lowest BCUT2D eigenvalue weighted by Gasteiger charge is -2.27. The SMILES string of the molecule is CCNC(=NCc1ccccc1OCC)NC1CCC(O)CC1.I. The summed E-state index contributed by atoms with van der Waals surface area (Å²) in [6.45, 7) is 6.12. The van der Waals surface area contributed by atoms with E-state index in [4.69, 9.17) is 9.73 Å². The molecule has 0 amide bonds. The molecule has 0 aliphatic heterocycles. The topological polar surface area (TPSA) is 65.9 Å². The Labute approximate surface area is 162 Å². The van der Waals surface area contributed by atoms with Gasteiger partial charge in [0.05, 0.1) is 19.3 Å². The van der Waals surface area contributed by atoms with Crippen LogP contribution in [0.2, 0.25) is 0 Å². The molecular formula is C18H30IN3O2. The first-order chi connectivity index (χ1) is 11.2. The summed E-state index contributed by atoms with van der Waals surface area (Å²) in [6, 6.07) is 8.41. The number of para-hydroxylation sites is 1. The van der Waals surface area contributed by atoms with E-state index >= 15 is 0 Å². The first-order valence-corrected chi connectivity index (χ1v) is 8.66. The Bertz CT molecular complexity index is 503. The van der Waals surface area contributed by atoms with Crippen molar-refractivity contribution in [3.8, 4) is 5.75 Å². The molecule has 6 heteroatoms. The van der Waals surface area contributed by atoms with E-state index in [1.165, 1.54) is 0 Å². The second-order valence-corrected chi connectivity index (χ2v) is 5.89. The summed E-state index contributed by atoms with van der Waals surface area (Å²) < 4.78 is 5.65. The van der Waals surface area contributed by atoms with Crippen molar-refractivity contribution in [2.24, 2.45) is 4.99 Å². The van der Waals surface area contributed by atoms with Gasteiger partial charge in [-0.2, -0.15) is 0 Å². The first kappa shape index (κ1) is 21.0. The normalized spacial score (nSPS) is 20.9. The van der Waals surface area contributed by atoms with Crippen LogP contribution in [0.15, 0.2) is 29.3 Å². The second kappa shape index (κ2) is 11.5. The Morgan fingerprint density at radius 1 is 1.21 bits per heavy atom. The van der Waals surface area contributed by atoms with Crippen LogP contribution in [-0.2, 0) is 6.54 Å². The molecule has 0 heterocycles. The van der Waals surface area contributed by atoms with Crippen LogP contribution in [0.3, 0.4) is 0 Å². The Kier molecular flexibility index (Phi) is 10.1. The number of hydrogen-bond donors (Lipinski definition) is 3. The molecule has 136 valence electrons. The number of aliphatic imine (C=N–C) groups is 1. The molecule has 0 radical (unpaired) electrons. The van der Waals surface area contributed by atoms with Gasteiger partial charge in [-0.25, -0.2) is 4.99 Å². The number of nitrogens with zero attached hydrogens (tertiary/aromatic N) is 1. The van der Waals surface area contributed by atoms with Crippen molar-refractivity contribution in [2.75, 3.05) is 13.2 Å². The summed E-state index contributed by atoms with van der Waals surface area (Å²) in [4.78, 5) is 4.69. The van der Waals surface area contributed by atoms with Crippen LogP contribution in [0, 0.1) is 0 Å². The van der Waals surface area contributed by atoms with Crippen LogP contribution in [0.5, 0.6) is 5.75 Å². The fourth-order valence-electron chi connectivity index (χ4n) is 2.83. The van der Waals surface area contributed by atoms with Gasteiger partial charge in [0.15, 0.2) is 5.96 Å². The van der Waals surface area contributed by atoms with Gasteiger partial charge < -0.3 is 20.5 Å². The highest BCUT2D eigenvalue weighted by Gasteiger charge is 2.19. The molecule has 1 aliphatic rings. The van der Waals surface area contributed by atoms with E-state index in [1.54, 1.807) is 0 Å². The minimum atomic E-state index is -0.134. The standard InChI is InChI=1S/C18H29N3O2.HI/c1-3-19-18(21-15-9-11-16(22)12-10-15)20-13-14-7-5-6-8-17(14)23-4-2;/h5-8,15-16,22H,3-4,9-13H2,1-2H3,(H2,19,20,21);1H. The number of aliphatic hydroxyl groups is 1. The van der Waals surface area contributed by atoms with Crippen molar-refractivity contribution in [2.45, 2.75) is 58.2 Å². The maximum atomic E-state index is 9.61. The molecule has 1 aromatic carbocycles. The van der Waals surface area contributed by atoms with Gasteiger partial charge in [-0.05, 0) is 45.6 Å². The number of aliphatic hydroxyl groups excluding tert-OH is 1. The number of nitrogens with one attached hydrogen (secondary N) is 2. The number of halogens is 1. The zero-order valence-corrected chi connectivity index (χ0v) is 17.0. The Hall–Kier alpha value is -1.02. The van der Waals surface area contributed by atoms with Gasteiger partial charge in [-0.1, -0.05) is 18.2 Å². The van der Waals surface area contributed by atoms with Crippen molar-refractivity contribution < 1.29 is 9.84 Å². The number of benzene rings is 1. The van der Waals surface area contributed by atoms with Gasteiger partial charge in [-0.3, -0.25) is 0 Å². The molecule has 0 atom stereocenters. The minimum Gasteiger partial charge on any atom is -0.494 e. The van der Waals surface area contributed by atoms with Gasteiger partial charge in [0.25, 0.3) is 0 Å². The number of rotatable bonds is 6. The van der Waals surface area contributed by atoms with Crippen LogP contribution >= 0.6 is 24.0 Å². The highest BCUT2D eigenvalue weighted by molar-refractivity contribution is 14.0. The first-order valence-electron chi connectivity index (χ1n) is 8.66. The van der Waals surface area contributed by atoms with Crippen LogP contribution in [-0.4, -0.2) is 36.4 Å². The molecule has 1 saturated carbocycles.